The Bertz CT molecular complexity index is 295. The van der Waals surface area contributed by atoms with Gasteiger partial charge in [-0.3, -0.25) is 9.69 Å². The molecule has 1 aliphatic heterocycles. The zero-order chi connectivity index (χ0) is 13.7. The van der Waals surface area contributed by atoms with Crippen molar-refractivity contribution in [2.45, 2.75) is 58.7 Å². The van der Waals surface area contributed by atoms with Crippen molar-refractivity contribution < 1.29 is 14.3 Å². The van der Waals surface area contributed by atoms with Crippen molar-refractivity contribution in [3.05, 3.63) is 0 Å². The Morgan fingerprint density at radius 3 is 2.44 bits per heavy atom. The first kappa shape index (κ1) is 15.0. The van der Waals surface area contributed by atoms with Gasteiger partial charge in [0.1, 0.15) is 12.6 Å². The minimum Gasteiger partial charge on any atom is -0.463 e. The predicted octanol–water partition coefficient (Wildman–Crippen LogP) is 0.927. The lowest BCUT2D eigenvalue weighted by molar-refractivity contribution is -0.147. The van der Waals surface area contributed by atoms with Crippen LogP contribution in [-0.4, -0.2) is 48.1 Å². The van der Waals surface area contributed by atoms with Gasteiger partial charge in [-0.05, 0) is 34.1 Å². The summed E-state index contributed by atoms with van der Waals surface area (Å²) >= 11 is 0. The molecule has 0 aromatic heterocycles. The lowest BCUT2D eigenvalue weighted by Gasteiger charge is -2.30. The number of amides is 1. The summed E-state index contributed by atoms with van der Waals surface area (Å²) in [5.41, 5.74) is 0. The van der Waals surface area contributed by atoms with E-state index >= 15 is 0 Å². The molecule has 18 heavy (non-hydrogen) atoms. The molecule has 104 valence electrons. The molecule has 1 fully saturated rings. The largest absolute Gasteiger partial charge is 0.463 e. The van der Waals surface area contributed by atoms with Crippen molar-refractivity contribution in [2.75, 3.05) is 13.2 Å². The van der Waals surface area contributed by atoms with Crippen LogP contribution in [-0.2, 0) is 14.3 Å². The van der Waals surface area contributed by atoms with E-state index in [1.807, 2.05) is 0 Å². The molecule has 1 aliphatic rings. The zero-order valence-electron chi connectivity index (χ0n) is 11.7. The van der Waals surface area contributed by atoms with Gasteiger partial charge in [0, 0.05) is 25.0 Å². The van der Waals surface area contributed by atoms with Crippen LogP contribution in [0.3, 0.4) is 0 Å². The number of rotatable bonds is 6. The molecule has 1 atom stereocenters. The van der Waals surface area contributed by atoms with Crippen LogP contribution in [0.5, 0.6) is 0 Å². The Morgan fingerprint density at radius 1 is 1.39 bits per heavy atom. The molecule has 0 aromatic carbocycles. The summed E-state index contributed by atoms with van der Waals surface area (Å²) in [6.45, 7) is 9.60. The van der Waals surface area contributed by atoms with Gasteiger partial charge in [0.05, 0.1) is 0 Å². The molecule has 1 rings (SSSR count). The second-order valence-electron chi connectivity index (χ2n) is 5.25. The molecule has 1 N–H and O–H groups in total. The average Bonchev–Trinajstić information content (AvgIpc) is 2.69. The Hall–Kier alpha value is -1.10. The standard InChI is InChI=1S/C13H24N2O3/c1-9(2)15(10(3)4)7-8-18-13(17)11-5-6-12(16)14-11/h9-11H,5-8H2,1-4H3,(H,14,16)/t11-/m1/s1. The quantitative estimate of drug-likeness (QED) is 0.718. The minimum atomic E-state index is -0.441. The van der Waals surface area contributed by atoms with E-state index in [1.54, 1.807) is 0 Å². The molecule has 5 heteroatoms. The minimum absolute atomic E-state index is 0.0667. The van der Waals surface area contributed by atoms with E-state index in [0.717, 1.165) is 6.54 Å². The van der Waals surface area contributed by atoms with E-state index in [4.69, 9.17) is 4.74 Å². The zero-order valence-corrected chi connectivity index (χ0v) is 11.7. The lowest BCUT2D eigenvalue weighted by atomic mass is 10.2. The van der Waals surface area contributed by atoms with Crippen molar-refractivity contribution in [3.63, 3.8) is 0 Å². The van der Waals surface area contributed by atoms with E-state index in [0.29, 0.717) is 31.5 Å². The number of carbonyl (C=O) groups is 2. The summed E-state index contributed by atoms with van der Waals surface area (Å²) in [7, 11) is 0. The SMILES string of the molecule is CC(C)N(CCOC(=O)[C@H]1CCC(=O)N1)C(C)C. The molecular formula is C13H24N2O3. The van der Waals surface area contributed by atoms with E-state index in [9.17, 15) is 9.59 Å². The fourth-order valence-corrected chi connectivity index (χ4v) is 2.26. The van der Waals surface area contributed by atoms with E-state index in [2.05, 4.69) is 37.9 Å². The number of carbonyl (C=O) groups excluding carboxylic acids is 2. The third-order valence-corrected chi connectivity index (χ3v) is 3.20. The molecule has 0 unspecified atom stereocenters. The Morgan fingerprint density at radius 2 is 2.00 bits per heavy atom. The van der Waals surface area contributed by atoms with Crippen molar-refractivity contribution in [1.29, 1.82) is 0 Å². The van der Waals surface area contributed by atoms with E-state index in [1.165, 1.54) is 0 Å². The van der Waals surface area contributed by atoms with Crippen molar-refractivity contribution in [1.82, 2.24) is 10.2 Å². The summed E-state index contributed by atoms with van der Waals surface area (Å²) in [6.07, 6.45) is 0.972. The van der Waals surface area contributed by atoms with Gasteiger partial charge in [-0.25, -0.2) is 4.79 Å². The predicted molar refractivity (Wildman–Crippen MR) is 69.1 cm³/mol. The van der Waals surface area contributed by atoms with Crippen LogP contribution in [0.2, 0.25) is 0 Å². The maximum Gasteiger partial charge on any atom is 0.328 e. The summed E-state index contributed by atoms with van der Waals surface area (Å²) in [6, 6.07) is 0.411. The molecule has 0 bridgehead atoms. The topological polar surface area (TPSA) is 58.6 Å². The molecule has 5 nitrogen and oxygen atoms in total. The summed E-state index contributed by atoms with van der Waals surface area (Å²) in [5, 5.41) is 2.61. The number of nitrogens with zero attached hydrogens (tertiary/aromatic N) is 1. The first-order valence-corrected chi connectivity index (χ1v) is 6.63. The van der Waals surface area contributed by atoms with Crippen LogP contribution in [0, 0.1) is 0 Å². The second-order valence-corrected chi connectivity index (χ2v) is 5.25. The smallest absolute Gasteiger partial charge is 0.328 e. The number of esters is 1. The second kappa shape index (κ2) is 6.73. The Kier molecular flexibility index (Phi) is 5.59. The monoisotopic (exact) mass is 256 g/mol. The maximum absolute atomic E-state index is 11.7. The summed E-state index contributed by atoms with van der Waals surface area (Å²) in [4.78, 5) is 24.9. The van der Waals surface area contributed by atoms with Crippen LogP contribution in [0.25, 0.3) is 0 Å². The normalized spacial score (nSPS) is 19.7. The number of hydrogen-bond acceptors (Lipinski definition) is 4. The first-order chi connectivity index (χ1) is 8.41. The van der Waals surface area contributed by atoms with Crippen LogP contribution < -0.4 is 5.32 Å². The highest BCUT2D eigenvalue weighted by atomic mass is 16.5. The van der Waals surface area contributed by atoms with Crippen LogP contribution in [0.1, 0.15) is 40.5 Å². The van der Waals surface area contributed by atoms with E-state index < -0.39 is 6.04 Å². The highest BCUT2D eigenvalue weighted by Crippen LogP contribution is 2.09. The summed E-state index contributed by atoms with van der Waals surface area (Å²) < 4.78 is 5.21. The van der Waals surface area contributed by atoms with Gasteiger partial charge in [-0.15, -0.1) is 0 Å². The maximum atomic E-state index is 11.7. The Balaban J connectivity index is 2.28. The molecule has 0 aromatic rings. The highest BCUT2D eigenvalue weighted by molar-refractivity contribution is 5.87. The first-order valence-electron chi connectivity index (χ1n) is 6.63. The number of nitrogens with one attached hydrogen (secondary N) is 1. The van der Waals surface area contributed by atoms with Gasteiger partial charge in [0.15, 0.2) is 0 Å². The van der Waals surface area contributed by atoms with Crippen LogP contribution in [0.4, 0.5) is 0 Å². The third-order valence-electron chi connectivity index (χ3n) is 3.20. The van der Waals surface area contributed by atoms with E-state index in [-0.39, 0.29) is 11.9 Å². The van der Waals surface area contributed by atoms with Gasteiger partial charge in [-0.1, -0.05) is 0 Å². The molecule has 0 spiro atoms. The molecule has 0 aliphatic carbocycles. The van der Waals surface area contributed by atoms with Gasteiger partial charge in [0.2, 0.25) is 5.91 Å². The molecule has 1 amide bonds. The number of hydrogen-bond donors (Lipinski definition) is 1. The average molecular weight is 256 g/mol. The van der Waals surface area contributed by atoms with Crippen LogP contribution in [0.15, 0.2) is 0 Å². The van der Waals surface area contributed by atoms with Gasteiger partial charge in [-0.2, -0.15) is 0 Å². The Labute approximate surface area is 109 Å². The molecule has 0 saturated carbocycles. The number of ether oxygens (including phenoxy) is 1. The van der Waals surface area contributed by atoms with Gasteiger partial charge in [0.25, 0.3) is 0 Å². The lowest BCUT2D eigenvalue weighted by Crippen LogP contribution is -2.41. The van der Waals surface area contributed by atoms with Crippen molar-refractivity contribution in [3.8, 4) is 0 Å². The summed E-state index contributed by atoms with van der Waals surface area (Å²) in [5.74, 6) is -0.378. The molecule has 1 heterocycles. The molecular weight excluding hydrogens is 232 g/mol. The van der Waals surface area contributed by atoms with Gasteiger partial charge < -0.3 is 10.1 Å². The molecule has 1 saturated heterocycles. The van der Waals surface area contributed by atoms with Crippen molar-refractivity contribution >= 4 is 11.9 Å². The van der Waals surface area contributed by atoms with Crippen molar-refractivity contribution in [2.24, 2.45) is 0 Å². The fourth-order valence-electron chi connectivity index (χ4n) is 2.26. The fraction of sp³-hybridized carbons (Fsp3) is 0.846. The third kappa shape index (κ3) is 4.29. The highest BCUT2D eigenvalue weighted by Gasteiger charge is 2.28. The van der Waals surface area contributed by atoms with Gasteiger partial charge >= 0.3 is 5.97 Å². The van der Waals surface area contributed by atoms with Crippen LogP contribution >= 0.6 is 0 Å². The molecule has 0 radical (unpaired) electrons.